The minimum Gasteiger partial charge on any atom is -0.333 e. The van der Waals surface area contributed by atoms with E-state index in [4.69, 9.17) is 23.2 Å². The smallest absolute Gasteiger partial charge is 0.255 e. The molecule has 0 atom stereocenters. The maximum absolute atomic E-state index is 12.8. The number of amides is 1. The quantitative estimate of drug-likeness (QED) is 0.802. The first-order valence-electron chi connectivity index (χ1n) is 6.95. The van der Waals surface area contributed by atoms with Crippen LogP contribution in [0.1, 0.15) is 48.9 Å². The molecule has 3 rings (SSSR count). The molecule has 2 nitrogen and oxygen atoms in total. The molecule has 0 radical (unpaired) electrons. The number of carbonyl (C=O) groups excluding carboxylic acids is 1. The van der Waals surface area contributed by atoms with Crippen LogP contribution in [-0.2, 0) is 0 Å². The van der Waals surface area contributed by atoms with Gasteiger partial charge in [0.1, 0.15) is 0 Å². The Morgan fingerprint density at radius 3 is 2.32 bits per heavy atom. The lowest BCUT2D eigenvalue weighted by atomic mass is 10.1. The van der Waals surface area contributed by atoms with Crippen LogP contribution in [0.4, 0.5) is 0 Å². The summed E-state index contributed by atoms with van der Waals surface area (Å²) in [5.74, 6) is 0.0573. The Kier molecular flexibility index (Phi) is 3.72. The monoisotopic (exact) mass is 297 g/mol. The molecular formula is C15H17Cl2NO. The van der Waals surface area contributed by atoms with Crippen LogP contribution in [0.3, 0.4) is 0 Å². The molecule has 2 fully saturated rings. The molecule has 0 spiro atoms. The highest BCUT2D eigenvalue weighted by atomic mass is 35.5. The van der Waals surface area contributed by atoms with Crippen LogP contribution in [-0.4, -0.2) is 22.9 Å². The van der Waals surface area contributed by atoms with E-state index in [0.717, 1.165) is 25.7 Å². The molecule has 1 amide bonds. The van der Waals surface area contributed by atoms with Gasteiger partial charge in [-0.05, 0) is 37.8 Å². The summed E-state index contributed by atoms with van der Waals surface area (Å²) in [5.41, 5.74) is 0.549. The van der Waals surface area contributed by atoms with Gasteiger partial charge in [-0.2, -0.15) is 0 Å². The zero-order valence-corrected chi connectivity index (χ0v) is 12.3. The molecule has 2 aliphatic carbocycles. The van der Waals surface area contributed by atoms with Gasteiger partial charge < -0.3 is 4.90 Å². The van der Waals surface area contributed by atoms with Crippen LogP contribution < -0.4 is 0 Å². The van der Waals surface area contributed by atoms with Crippen molar-refractivity contribution in [1.29, 1.82) is 0 Å². The standard InChI is InChI=1S/C15H17Cl2NO/c16-13-7-3-6-12(14(13)17)15(19)18(11-8-9-11)10-4-1-2-5-10/h3,6-7,10-11H,1-2,4-5,8-9H2. The van der Waals surface area contributed by atoms with E-state index in [9.17, 15) is 4.79 Å². The molecule has 2 aliphatic rings. The summed E-state index contributed by atoms with van der Waals surface area (Å²) >= 11 is 12.2. The van der Waals surface area contributed by atoms with Crippen molar-refractivity contribution >= 4 is 29.1 Å². The van der Waals surface area contributed by atoms with E-state index < -0.39 is 0 Å². The van der Waals surface area contributed by atoms with Gasteiger partial charge in [0.2, 0.25) is 0 Å². The lowest BCUT2D eigenvalue weighted by Crippen LogP contribution is -2.40. The molecule has 0 heterocycles. The van der Waals surface area contributed by atoms with Gasteiger partial charge in [-0.15, -0.1) is 0 Å². The first-order valence-corrected chi connectivity index (χ1v) is 7.71. The first kappa shape index (κ1) is 13.3. The Hall–Kier alpha value is -0.730. The van der Waals surface area contributed by atoms with Crippen LogP contribution in [0.25, 0.3) is 0 Å². The van der Waals surface area contributed by atoms with E-state index in [1.165, 1.54) is 12.8 Å². The van der Waals surface area contributed by atoms with E-state index >= 15 is 0 Å². The lowest BCUT2D eigenvalue weighted by Gasteiger charge is -2.29. The van der Waals surface area contributed by atoms with E-state index in [2.05, 4.69) is 4.90 Å². The zero-order chi connectivity index (χ0) is 13.4. The highest BCUT2D eigenvalue weighted by Crippen LogP contribution is 2.37. The van der Waals surface area contributed by atoms with E-state index in [1.807, 2.05) is 0 Å². The van der Waals surface area contributed by atoms with Crippen molar-refractivity contribution in [3.63, 3.8) is 0 Å². The Morgan fingerprint density at radius 2 is 1.68 bits per heavy atom. The van der Waals surface area contributed by atoms with Gasteiger partial charge >= 0.3 is 0 Å². The molecule has 19 heavy (non-hydrogen) atoms. The van der Waals surface area contributed by atoms with Crippen molar-refractivity contribution in [3.8, 4) is 0 Å². The van der Waals surface area contributed by atoms with Gasteiger partial charge in [-0.1, -0.05) is 42.1 Å². The number of halogens is 2. The molecule has 4 heteroatoms. The predicted molar refractivity (Wildman–Crippen MR) is 77.9 cm³/mol. The number of carbonyl (C=O) groups is 1. The molecule has 0 aromatic heterocycles. The summed E-state index contributed by atoms with van der Waals surface area (Å²) in [4.78, 5) is 14.8. The second kappa shape index (κ2) is 5.34. The van der Waals surface area contributed by atoms with Crippen molar-refractivity contribution in [2.75, 3.05) is 0 Å². The average molecular weight is 298 g/mol. The van der Waals surface area contributed by atoms with Crippen molar-refractivity contribution in [2.45, 2.75) is 50.6 Å². The number of hydrogen-bond acceptors (Lipinski definition) is 1. The van der Waals surface area contributed by atoms with Crippen molar-refractivity contribution in [1.82, 2.24) is 4.90 Å². The molecule has 0 N–H and O–H groups in total. The number of rotatable bonds is 3. The van der Waals surface area contributed by atoms with Gasteiger partial charge in [0.15, 0.2) is 0 Å². The van der Waals surface area contributed by atoms with Crippen molar-refractivity contribution in [2.24, 2.45) is 0 Å². The summed E-state index contributed by atoms with van der Waals surface area (Å²) in [7, 11) is 0. The van der Waals surface area contributed by atoms with Crippen molar-refractivity contribution < 1.29 is 4.79 Å². The Morgan fingerprint density at radius 1 is 1.05 bits per heavy atom. The summed E-state index contributed by atoms with van der Waals surface area (Å²) in [5, 5.41) is 0.840. The van der Waals surface area contributed by atoms with Gasteiger partial charge in [0.05, 0.1) is 15.6 Å². The fourth-order valence-corrected chi connectivity index (χ4v) is 3.35. The molecule has 1 aromatic rings. The average Bonchev–Trinajstić information content (AvgIpc) is 3.07. The maximum Gasteiger partial charge on any atom is 0.255 e. The normalized spacial score (nSPS) is 19.7. The van der Waals surface area contributed by atoms with E-state index in [-0.39, 0.29) is 5.91 Å². The minimum atomic E-state index is 0.0573. The predicted octanol–water partition coefficient (Wildman–Crippen LogP) is 4.54. The Bertz CT molecular complexity index is 493. The fraction of sp³-hybridized carbons (Fsp3) is 0.533. The first-order chi connectivity index (χ1) is 9.18. The van der Waals surface area contributed by atoms with Gasteiger partial charge in [-0.25, -0.2) is 0 Å². The number of hydrogen-bond donors (Lipinski definition) is 0. The topological polar surface area (TPSA) is 20.3 Å². The highest BCUT2D eigenvalue weighted by molar-refractivity contribution is 6.43. The SMILES string of the molecule is O=C(c1cccc(Cl)c1Cl)N(C1CCCC1)C1CC1. The summed E-state index contributed by atoms with van der Waals surface area (Å²) in [6.07, 6.45) is 6.95. The second-order valence-corrected chi connectivity index (χ2v) is 6.27. The summed E-state index contributed by atoms with van der Waals surface area (Å²) in [6, 6.07) is 6.11. The van der Waals surface area contributed by atoms with Crippen molar-refractivity contribution in [3.05, 3.63) is 33.8 Å². The van der Waals surface area contributed by atoms with Crippen LogP contribution >= 0.6 is 23.2 Å². The van der Waals surface area contributed by atoms with Crippen LogP contribution in [0.2, 0.25) is 10.0 Å². The molecule has 0 saturated heterocycles. The highest BCUT2D eigenvalue weighted by Gasteiger charge is 2.39. The Labute approximate surface area is 123 Å². The number of nitrogens with zero attached hydrogens (tertiary/aromatic N) is 1. The molecule has 0 unspecified atom stereocenters. The summed E-state index contributed by atoms with van der Waals surface area (Å²) in [6.45, 7) is 0. The molecule has 2 saturated carbocycles. The third-order valence-electron chi connectivity index (χ3n) is 4.07. The van der Waals surface area contributed by atoms with Gasteiger partial charge in [-0.3, -0.25) is 4.79 Å². The van der Waals surface area contributed by atoms with E-state index in [0.29, 0.717) is 27.7 Å². The third-order valence-corrected chi connectivity index (χ3v) is 4.89. The third kappa shape index (κ3) is 2.61. The number of benzene rings is 1. The largest absolute Gasteiger partial charge is 0.333 e. The molecule has 1 aromatic carbocycles. The fourth-order valence-electron chi connectivity index (χ4n) is 2.97. The van der Waals surface area contributed by atoms with Crippen LogP contribution in [0.15, 0.2) is 18.2 Å². The van der Waals surface area contributed by atoms with Crippen LogP contribution in [0, 0.1) is 0 Å². The van der Waals surface area contributed by atoms with Gasteiger partial charge in [0.25, 0.3) is 5.91 Å². The van der Waals surface area contributed by atoms with Crippen LogP contribution in [0.5, 0.6) is 0 Å². The van der Waals surface area contributed by atoms with Gasteiger partial charge in [0, 0.05) is 12.1 Å². The lowest BCUT2D eigenvalue weighted by molar-refractivity contribution is 0.0664. The zero-order valence-electron chi connectivity index (χ0n) is 10.7. The second-order valence-electron chi connectivity index (χ2n) is 5.48. The molecule has 0 bridgehead atoms. The molecule has 102 valence electrons. The Balaban J connectivity index is 1.89. The minimum absolute atomic E-state index is 0.0573. The van der Waals surface area contributed by atoms with E-state index in [1.54, 1.807) is 18.2 Å². The maximum atomic E-state index is 12.8. The molecule has 0 aliphatic heterocycles. The summed E-state index contributed by atoms with van der Waals surface area (Å²) < 4.78 is 0. The molecular weight excluding hydrogens is 281 g/mol.